The van der Waals surface area contributed by atoms with Gasteiger partial charge in [-0.25, -0.2) is 0 Å². The van der Waals surface area contributed by atoms with Crippen LogP contribution in [0.2, 0.25) is 0 Å². The summed E-state index contributed by atoms with van der Waals surface area (Å²) in [6.45, 7) is 3.68. The molecule has 0 spiro atoms. The molecule has 4 rings (SSSR count). The van der Waals surface area contributed by atoms with E-state index in [0.717, 1.165) is 29.9 Å². The quantitative estimate of drug-likeness (QED) is 0.737. The largest absolute Gasteiger partial charge is 0.487 e. The number of anilines is 1. The van der Waals surface area contributed by atoms with Crippen LogP contribution >= 0.6 is 0 Å². The first-order valence-electron chi connectivity index (χ1n) is 7.12. The van der Waals surface area contributed by atoms with Crippen molar-refractivity contribution in [3.05, 3.63) is 54.1 Å². The first-order chi connectivity index (χ1) is 10.3. The van der Waals surface area contributed by atoms with E-state index in [4.69, 9.17) is 9.15 Å². The molecule has 1 aromatic heterocycles. The van der Waals surface area contributed by atoms with Crippen LogP contribution in [-0.2, 0) is 0 Å². The summed E-state index contributed by atoms with van der Waals surface area (Å²) in [6, 6.07) is 16.6. The van der Waals surface area contributed by atoms with Crippen LogP contribution in [0.4, 0.5) is 6.01 Å². The zero-order valence-corrected chi connectivity index (χ0v) is 11.8. The lowest BCUT2D eigenvalue weighted by atomic mass is 10.2. The fourth-order valence-electron chi connectivity index (χ4n) is 2.47. The Morgan fingerprint density at radius 3 is 2.62 bits per heavy atom. The summed E-state index contributed by atoms with van der Waals surface area (Å²) in [6.07, 6.45) is 0.197. The highest BCUT2D eigenvalue weighted by atomic mass is 16.5. The Balaban J connectivity index is 1.41. The van der Waals surface area contributed by atoms with Crippen LogP contribution in [0.25, 0.3) is 11.1 Å². The smallest absolute Gasteiger partial charge is 0.298 e. The molecule has 0 bridgehead atoms. The van der Waals surface area contributed by atoms with Gasteiger partial charge in [0.05, 0.1) is 13.1 Å². The highest BCUT2D eigenvalue weighted by molar-refractivity contribution is 5.74. The van der Waals surface area contributed by atoms with Crippen LogP contribution in [0, 0.1) is 6.92 Å². The minimum atomic E-state index is 0.197. The summed E-state index contributed by atoms with van der Waals surface area (Å²) < 4.78 is 11.7. The molecule has 2 heterocycles. The van der Waals surface area contributed by atoms with Gasteiger partial charge in [0, 0.05) is 0 Å². The maximum atomic E-state index is 5.92. The number of oxazole rings is 1. The number of nitrogens with zero attached hydrogens (tertiary/aromatic N) is 2. The normalized spacial score (nSPS) is 15.2. The molecule has 21 heavy (non-hydrogen) atoms. The van der Waals surface area contributed by atoms with Crippen LogP contribution in [0.1, 0.15) is 5.56 Å². The maximum absolute atomic E-state index is 5.92. The van der Waals surface area contributed by atoms with E-state index in [1.54, 1.807) is 0 Å². The predicted molar refractivity (Wildman–Crippen MR) is 81.8 cm³/mol. The molecule has 0 saturated carbocycles. The average molecular weight is 280 g/mol. The molecule has 0 atom stereocenters. The van der Waals surface area contributed by atoms with E-state index >= 15 is 0 Å². The molecule has 0 aliphatic carbocycles. The van der Waals surface area contributed by atoms with Gasteiger partial charge in [0.25, 0.3) is 6.01 Å². The highest BCUT2D eigenvalue weighted by Gasteiger charge is 2.31. The molecule has 4 heteroatoms. The van der Waals surface area contributed by atoms with Gasteiger partial charge in [-0.1, -0.05) is 29.8 Å². The molecule has 2 aromatic carbocycles. The van der Waals surface area contributed by atoms with Gasteiger partial charge in [-0.2, -0.15) is 4.98 Å². The number of aromatic nitrogens is 1. The SMILES string of the molecule is Cc1ccc(OC2CN(c3nc4ccccc4o3)C2)cc1. The van der Waals surface area contributed by atoms with Gasteiger partial charge in [0.15, 0.2) is 5.58 Å². The number of aryl methyl sites for hydroxylation is 1. The lowest BCUT2D eigenvalue weighted by molar-refractivity contribution is 0.162. The van der Waals surface area contributed by atoms with E-state index in [2.05, 4.69) is 28.9 Å². The molecule has 0 radical (unpaired) electrons. The number of rotatable bonds is 3. The summed E-state index contributed by atoms with van der Waals surface area (Å²) in [4.78, 5) is 6.59. The lowest BCUT2D eigenvalue weighted by Gasteiger charge is -2.37. The molecule has 0 N–H and O–H groups in total. The third-order valence-corrected chi connectivity index (χ3v) is 3.72. The summed E-state index contributed by atoms with van der Waals surface area (Å²) >= 11 is 0. The van der Waals surface area contributed by atoms with Gasteiger partial charge in [-0.05, 0) is 31.2 Å². The van der Waals surface area contributed by atoms with Crippen molar-refractivity contribution in [3.63, 3.8) is 0 Å². The third-order valence-electron chi connectivity index (χ3n) is 3.72. The first kappa shape index (κ1) is 12.3. The Morgan fingerprint density at radius 2 is 1.86 bits per heavy atom. The number of hydrogen-bond donors (Lipinski definition) is 0. The Bertz CT molecular complexity index is 725. The van der Waals surface area contributed by atoms with Gasteiger partial charge in [0.1, 0.15) is 17.4 Å². The number of para-hydroxylation sites is 2. The summed E-state index contributed by atoms with van der Waals surface area (Å²) in [7, 11) is 0. The van der Waals surface area contributed by atoms with Crippen molar-refractivity contribution < 1.29 is 9.15 Å². The molecule has 4 nitrogen and oxygen atoms in total. The predicted octanol–water partition coefficient (Wildman–Crippen LogP) is 3.40. The molecular formula is C17H16N2O2. The minimum absolute atomic E-state index is 0.197. The standard InChI is InChI=1S/C17H16N2O2/c1-12-6-8-13(9-7-12)20-14-10-19(11-14)17-18-15-4-2-3-5-16(15)21-17/h2-9,14H,10-11H2,1H3. The van der Waals surface area contributed by atoms with Gasteiger partial charge in [-0.15, -0.1) is 0 Å². The fraction of sp³-hybridized carbons (Fsp3) is 0.235. The van der Waals surface area contributed by atoms with Crippen molar-refractivity contribution >= 4 is 17.1 Å². The van der Waals surface area contributed by atoms with Gasteiger partial charge in [0.2, 0.25) is 0 Å². The number of ether oxygens (including phenoxy) is 1. The number of fused-ring (bicyclic) bond motifs is 1. The Hall–Kier alpha value is -2.49. The lowest BCUT2D eigenvalue weighted by Crippen LogP contribution is -2.54. The van der Waals surface area contributed by atoms with Crippen molar-refractivity contribution in [1.29, 1.82) is 0 Å². The number of benzene rings is 2. The van der Waals surface area contributed by atoms with Crippen LogP contribution in [0.3, 0.4) is 0 Å². The Morgan fingerprint density at radius 1 is 1.10 bits per heavy atom. The minimum Gasteiger partial charge on any atom is -0.487 e. The molecule has 1 aliphatic rings. The second kappa shape index (κ2) is 4.81. The van der Waals surface area contributed by atoms with Crippen LogP contribution < -0.4 is 9.64 Å². The van der Waals surface area contributed by atoms with Crippen molar-refractivity contribution in [2.75, 3.05) is 18.0 Å². The molecule has 1 fully saturated rings. The van der Waals surface area contributed by atoms with Crippen molar-refractivity contribution in [2.24, 2.45) is 0 Å². The zero-order chi connectivity index (χ0) is 14.2. The van der Waals surface area contributed by atoms with Gasteiger partial charge < -0.3 is 14.1 Å². The monoisotopic (exact) mass is 280 g/mol. The van der Waals surface area contributed by atoms with E-state index in [1.807, 2.05) is 36.4 Å². The second-order valence-corrected chi connectivity index (χ2v) is 5.42. The van der Waals surface area contributed by atoms with Gasteiger partial charge >= 0.3 is 0 Å². The zero-order valence-electron chi connectivity index (χ0n) is 11.8. The van der Waals surface area contributed by atoms with E-state index in [0.29, 0.717) is 6.01 Å². The van der Waals surface area contributed by atoms with Crippen molar-refractivity contribution in [1.82, 2.24) is 4.98 Å². The topological polar surface area (TPSA) is 38.5 Å². The van der Waals surface area contributed by atoms with E-state index in [1.165, 1.54) is 5.56 Å². The molecule has 0 unspecified atom stereocenters. The van der Waals surface area contributed by atoms with Crippen LogP contribution in [0.5, 0.6) is 5.75 Å². The van der Waals surface area contributed by atoms with E-state index in [9.17, 15) is 0 Å². The second-order valence-electron chi connectivity index (χ2n) is 5.42. The maximum Gasteiger partial charge on any atom is 0.298 e. The fourth-order valence-corrected chi connectivity index (χ4v) is 2.47. The third kappa shape index (κ3) is 2.33. The van der Waals surface area contributed by atoms with Crippen LogP contribution in [-0.4, -0.2) is 24.2 Å². The Kier molecular flexibility index (Phi) is 2.81. The molecular weight excluding hydrogens is 264 g/mol. The summed E-state index contributed by atoms with van der Waals surface area (Å²) in [5.41, 5.74) is 2.97. The number of hydrogen-bond acceptors (Lipinski definition) is 4. The molecule has 0 amide bonds. The first-order valence-corrected chi connectivity index (χ1v) is 7.12. The van der Waals surface area contributed by atoms with Crippen LogP contribution in [0.15, 0.2) is 52.9 Å². The summed E-state index contributed by atoms with van der Waals surface area (Å²) in [5, 5.41) is 0. The molecule has 1 saturated heterocycles. The molecule has 1 aliphatic heterocycles. The van der Waals surface area contributed by atoms with E-state index in [-0.39, 0.29) is 6.10 Å². The average Bonchev–Trinajstić information content (AvgIpc) is 2.87. The molecule has 106 valence electrons. The van der Waals surface area contributed by atoms with Gasteiger partial charge in [-0.3, -0.25) is 0 Å². The molecule has 3 aromatic rings. The Labute approximate surface area is 123 Å². The van der Waals surface area contributed by atoms with Crippen molar-refractivity contribution in [2.45, 2.75) is 13.0 Å². The summed E-state index contributed by atoms with van der Waals surface area (Å²) in [5.74, 6) is 0.919. The van der Waals surface area contributed by atoms with Crippen molar-refractivity contribution in [3.8, 4) is 5.75 Å². The highest BCUT2D eigenvalue weighted by Crippen LogP contribution is 2.27. The van der Waals surface area contributed by atoms with E-state index < -0.39 is 0 Å².